The number of ether oxygens (including phenoxy) is 1. The summed E-state index contributed by atoms with van der Waals surface area (Å²) in [7, 11) is 0. The van der Waals surface area contributed by atoms with Crippen molar-refractivity contribution in [3.05, 3.63) is 23.5 Å². The van der Waals surface area contributed by atoms with Crippen LogP contribution in [0.15, 0.2) is 22.4 Å². The Morgan fingerprint density at radius 3 is 2.88 bits per heavy atom. The van der Waals surface area contributed by atoms with Crippen LogP contribution in [0.25, 0.3) is 0 Å². The molecule has 1 saturated carbocycles. The highest BCUT2D eigenvalue weighted by Gasteiger charge is 2.47. The maximum atomic E-state index is 10.4. The summed E-state index contributed by atoms with van der Waals surface area (Å²) in [5.74, 6) is 11.8. The van der Waals surface area contributed by atoms with E-state index in [0.717, 1.165) is 24.1 Å². The van der Waals surface area contributed by atoms with E-state index in [2.05, 4.69) is 21.9 Å². The van der Waals surface area contributed by atoms with Crippen LogP contribution in [0, 0.1) is 17.8 Å². The Kier molecular flexibility index (Phi) is 4.09. The number of rotatable bonds is 2. The number of nitrogens with zero attached hydrogens (tertiary/aromatic N) is 3. The lowest BCUT2D eigenvalue weighted by Crippen LogP contribution is -2.38. The number of aliphatic hydroxyl groups excluding tert-OH is 3. The van der Waals surface area contributed by atoms with E-state index in [1.54, 1.807) is 23.0 Å². The summed E-state index contributed by atoms with van der Waals surface area (Å²) in [6, 6.07) is 1.79. The molecule has 4 rings (SSSR count). The molecular weight excluding hydrogens is 324 g/mol. The molecule has 0 unspecified atom stereocenters. The van der Waals surface area contributed by atoms with Gasteiger partial charge in [0.2, 0.25) is 0 Å². The second-order valence-electron chi connectivity index (χ2n) is 6.53. The largest absolute Gasteiger partial charge is 0.387 e. The minimum absolute atomic E-state index is 0.332. The third-order valence-corrected chi connectivity index (χ3v) is 4.76. The molecule has 5 N–H and O–H groups in total. The molecule has 1 aromatic rings. The topological polar surface area (TPSA) is 126 Å². The molecule has 8 heteroatoms. The summed E-state index contributed by atoms with van der Waals surface area (Å²) in [4.78, 5) is 4.13. The summed E-state index contributed by atoms with van der Waals surface area (Å²) in [6.45, 7) is 0. The molecule has 25 heavy (non-hydrogen) atoms. The molecule has 5 atom stereocenters. The van der Waals surface area contributed by atoms with E-state index < -0.39 is 30.6 Å². The highest BCUT2D eigenvalue weighted by Crippen LogP contribution is 2.34. The van der Waals surface area contributed by atoms with Crippen LogP contribution in [-0.4, -0.2) is 56.4 Å². The lowest BCUT2D eigenvalue weighted by Gasteiger charge is -2.21. The van der Waals surface area contributed by atoms with Gasteiger partial charge >= 0.3 is 0 Å². The number of amidine groups is 1. The summed E-state index contributed by atoms with van der Waals surface area (Å²) in [5, 5.41) is 34.6. The van der Waals surface area contributed by atoms with Crippen LogP contribution in [0.3, 0.4) is 0 Å². The zero-order valence-corrected chi connectivity index (χ0v) is 13.5. The van der Waals surface area contributed by atoms with Crippen molar-refractivity contribution < 1.29 is 20.1 Å². The van der Waals surface area contributed by atoms with Crippen LogP contribution in [0.5, 0.6) is 0 Å². The second-order valence-corrected chi connectivity index (χ2v) is 6.53. The van der Waals surface area contributed by atoms with Gasteiger partial charge in [-0.25, -0.2) is 4.99 Å². The molecular formula is C17H20N4O4. The van der Waals surface area contributed by atoms with Crippen LogP contribution in [0.4, 0.5) is 0 Å². The number of aliphatic hydroxyl groups is 3. The number of hydrogen-bond acceptors (Lipinski definition) is 6. The Morgan fingerprint density at radius 2 is 2.16 bits per heavy atom. The molecule has 1 aromatic heterocycles. The summed E-state index contributed by atoms with van der Waals surface area (Å²) < 4.78 is 7.50. The SMILES string of the molecule is N/N=C1/N=CCc2c1ccn2[C@@H]1O[C@H]([C@H](O)C#CC2CC2)[C@@H](O)[C@H]1O. The average molecular weight is 344 g/mol. The molecule has 2 fully saturated rings. The Bertz CT molecular complexity index is 786. The van der Waals surface area contributed by atoms with E-state index in [0.29, 0.717) is 18.2 Å². The predicted octanol–water partition coefficient (Wildman–Crippen LogP) is -0.871. The first-order valence-electron chi connectivity index (χ1n) is 8.31. The first-order chi connectivity index (χ1) is 12.1. The lowest BCUT2D eigenvalue weighted by atomic mass is 10.1. The van der Waals surface area contributed by atoms with Crippen LogP contribution in [-0.2, 0) is 11.2 Å². The van der Waals surface area contributed by atoms with Gasteiger partial charge in [0.25, 0.3) is 0 Å². The lowest BCUT2D eigenvalue weighted by molar-refractivity contribution is -0.0693. The Balaban J connectivity index is 1.58. The summed E-state index contributed by atoms with van der Waals surface area (Å²) in [5.41, 5.74) is 1.59. The number of aromatic nitrogens is 1. The van der Waals surface area contributed by atoms with E-state index in [4.69, 9.17) is 10.6 Å². The fourth-order valence-corrected chi connectivity index (χ4v) is 3.22. The first kappa shape index (κ1) is 16.3. The maximum absolute atomic E-state index is 10.4. The monoisotopic (exact) mass is 344 g/mol. The minimum atomic E-state index is -1.23. The quantitative estimate of drug-likeness (QED) is 0.315. The molecule has 0 amide bonds. The van der Waals surface area contributed by atoms with Crippen molar-refractivity contribution in [2.24, 2.45) is 21.9 Å². The van der Waals surface area contributed by atoms with Gasteiger partial charge in [0.1, 0.15) is 24.4 Å². The molecule has 0 bridgehead atoms. The fourth-order valence-electron chi connectivity index (χ4n) is 3.22. The van der Waals surface area contributed by atoms with Crippen molar-refractivity contribution >= 4 is 12.1 Å². The van der Waals surface area contributed by atoms with Crippen molar-refractivity contribution in [2.45, 2.75) is 49.9 Å². The van der Waals surface area contributed by atoms with Crippen molar-refractivity contribution in [1.82, 2.24) is 4.57 Å². The molecule has 1 aliphatic carbocycles. The normalized spacial score (nSPS) is 33.8. The van der Waals surface area contributed by atoms with Crippen molar-refractivity contribution in [1.29, 1.82) is 0 Å². The zero-order valence-electron chi connectivity index (χ0n) is 13.5. The fraction of sp³-hybridized carbons (Fsp3) is 0.529. The number of hydrogen-bond donors (Lipinski definition) is 4. The van der Waals surface area contributed by atoms with Gasteiger partial charge in [-0.2, -0.15) is 5.10 Å². The highest BCUT2D eigenvalue weighted by atomic mass is 16.6. The highest BCUT2D eigenvalue weighted by molar-refractivity contribution is 6.06. The van der Waals surface area contributed by atoms with Gasteiger partial charge in [-0.3, -0.25) is 0 Å². The molecule has 8 nitrogen and oxygen atoms in total. The van der Waals surface area contributed by atoms with E-state index in [-0.39, 0.29) is 0 Å². The molecule has 132 valence electrons. The molecule has 0 aromatic carbocycles. The molecule has 1 saturated heterocycles. The number of aliphatic imine (C=N–C) groups is 1. The van der Waals surface area contributed by atoms with Gasteiger partial charge in [0, 0.05) is 36.0 Å². The van der Waals surface area contributed by atoms with Crippen molar-refractivity contribution in [2.75, 3.05) is 0 Å². The van der Waals surface area contributed by atoms with Crippen molar-refractivity contribution in [3.8, 4) is 11.8 Å². The van der Waals surface area contributed by atoms with Crippen LogP contribution < -0.4 is 5.84 Å². The Hall–Kier alpha value is -2.18. The number of hydrazone groups is 1. The standard InChI is InChI=1S/C17H20N4O4/c18-20-16-10-6-8-21(11(10)5-7-19-16)17-14(24)13(23)15(25-17)12(22)4-3-9-1-2-9/h6-9,12-15,17,22-24H,1-2,5,18H2/b20-16+/t12-,13+,14-,15-,17-/m1/s1. The van der Waals surface area contributed by atoms with E-state index >= 15 is 0 Å². The molecule has 3 aliphatic rings. The summed E-state index contributed by atoms with van der Waals surface area (Å²) >= 11 is 0. The smallest absolute Gasteiger partial charge is 0.180 e. The Labute approximate surface area is 144 Å². The third-order valence-electron chi connectivity index (χ3n) is 4.76. The van der Waals surface area contributed by atoms with E-state index in [1.807, 2.05) is 0 Å². The van der Waals surface area contributed by atoms with Crippen LogP contribution >= 0.6 is 0 Å². The molecule has 3 heterocycles. The predicted molar refractivity (Wildman–Crippen MR) is 89.8 cm³/mol. The molecule has 0 spiro atoms. The Morgan fingerprint density at radius 1 is 1.36 bits per heavy atom. The minimum Gasteiger partial charge on any atom is -0.387 e. The van der Waals surface area contributed by atoms with E-state index in [1.165, 1.54) is 0 Å². The van der Waals surface area contributed by atoms with Crippen LogP contribution in [0.2, 0.25) is 0 Å². The zero-order chi connectivity index (χ0) is 17.6. The average Bonchev–Trinajstić information content (AvgIpc) is 3.29. The van der Waals surface area contributed by atoms with Gasteiger partial charge in [-0.1, -0.05) is 11.8 Å². The molecule has 0 radical (unpaired) electrons. The van der Waals surface area contributed by atoms with Gasteiger partial charge in [-0.05, 0) is 18.9 Å². The third kappa shape index (κ3) is 2.85. The van der Waals surface area contributed by atoms with E-state index in [9.17, 15) is 15.3 Å². The van der Waals surface area contributed by atoms with Gasteiger partial charge in [-0.15, -0.1) is 0 Å². The van der Waals surface area contributed by atoms with Gasteiger partial charge in [0.15, 0.2) is 12.1 Å². The van der Waals surface area contributed by atoms with Gasteiger partial charge < -0.3 is 30.5 Å². The van der Waals surface area contributed by atoms with Crippen molar-refractivity contribution in [3.63, 3.8) is 0 Å². The second kappa shape index (κ2) is 6.28. The van der Waals surface area contributed by atoms with Gasteiger partial charge in [0.05, 0.1) is 0 Å². The maximum Gasteiger partial charge on any atom is 0.180 e. The summed E-state index contributed by atoms with van der Waals surface area (Å²) in [6.07, 6.45) is 0.662. The molecule has 2 aliphatic heterocycles. The number of nitrogens with two attached hydrogens (primary N) is 1. The first-order valence-corrected chi connectivity index (χ1v) is 8.31. The van der Waals surface area contributed by atoms with Crippen LogP contribution in [0.1, 0.15) is 30.3 Å². The number of fused-ring (bicyclic) bond motifs is 1.